The molecule has 1 heterocycles. The molecule has 2 heteroatoms. The van der Waals surface area contributed by atoms with Crippen molar-refractivity contribution < 1.29 is 0 Å². The molecule has 0 bridgehead atoms. The first-order valence-electron chi connectivity index (χ1n) is 8.72. The van der Waals surface area contributed by atoms with Crippen molar-refractivity contribution in [1.82, 2.24) is 10.2 Å². The van der Waals surface area contributed by atoms with E-state index in [-0.39, 0.29) is 0 Å². The molecule has 21 heavy (non-hydrogen) atoms. The van der Waals surface area contributed by atoms with Gasteiger partial charge in [-0.05, 0) is 31.7 Å². The van der Waals surface area contributed by atoms with Gasteiger partial charge in [0.25, 0.3) is 0 Å². The zero-order chi connectivity index (χ0) is 15.3. The van der Waals surface area contributed by atoms with Crippen LogP contribution in [0.25, 0.3) is 0 Å². The molecule has 1 aliphatic heterocycles. The average Bonchev–Trinajstić information content (AvgIpc) is 2.55. The lowest BCUT2D eigenvalue weighted by Gasteiger charge is -2.52. The number of benzene rings is 1. The summed E-state index contributed by atoms with van der Waals surface area (Å²) >= 11 is 0. The first-order valence-corrected chi connectivity index (χ1v) is 8.72. The number of rotatable bonds is 6. The summed E-state index contributed by atoms with van der Waals surface area (Å²) in [5.41, 5.74) is 1.76. The van der Waals surface area contributed by atoms with E-state index < -0.39 is 0 Å². The largest absolute Gasteiger partial charge is 0.307 e. The fourth-order valence-corrected chi connectivity index (χ4v) is 3.91. The second-order valence-corrected chi connectivity index (χ2v) is 6.57. The minimum absolute atomic E-state index is 0.333. The summed E-state index contributed by atoms with van der Waals surface area (Å²) < 4.78 is 0. The van der Waals surface area contributed by atoms with E-state index in [4.69, 9.17) is 0 Å². The Morgan fingerprint density at radius 1 is 1.19 bits per heavy atom. The van der Waals surface area contributed by atoms with Gasteiger partial charge >= 0.3 is 0 Å². The number of nitrogens with one attached hydrogen (secondary N) is 1. The van der Waals surface area contributed by atoms with E-state index in [1.807, 2.05) is 0 Å². The Morgan fingerprint density at radius 2 is 1.86 bits per heavy atom. The SMILES string of the molecule is CCCC(C)N1CC(c2ccccc2)NCC1(CC)CC. The molecule has 0 aliphatic carbocycles. The van der Waals surface area contributed by atoms with Gasteiger partial charge in [-0.25, -0.2) is 0 Å². The van der Waals surface area contributed by atoms with Crippen molar-refractivity contribution in [3.05, 3.63) is 35.9 Å². The van der Waals surface area contributed by atoms with Gasteiger partial charge in [0.2, 0.25) is 0 Å². The Balaban J connectivity index is 2.20. The second kappa shape index (κ2) is 7.42. The van der Waals surface area contributed by atoms with Crippen LogP contribution < -0.4 is 5.32 Å². The van der Waals surface area contributed by atoms with Crippen molar-refractivity contribution in [1.29, 1.82) is 0 Å². The van der Waals surface area contributed by atoms with Crippen molar-refractivity contribution >= 4 is 0 Å². The molecule has 0 radical (unpaired) electrons. The molecule has 1 saturated heterocycles. The van der Waals surface area contributed by atoms with E-state index in [0.29, 0.717) is 17.6 Å². The summed E-state index contributed by atoms with van der Waals surface area (Å²) in [4.78, 5) is 2.80. The first-order chi connectivity index (χ1) is 10.2. The third-order valence-corrected chi connectivity index (χ3v) is 5.42. The molecule has 0 amide bonds. The van der Waals surface area contributed by atoms with Crippen molar-refractivity contribution in [2.45, 2.75) is 71.0 Å². The molecule has 2 unspecified atom stereocenters. The molecule has 0 aromatic heterocycles. The summed E-state index contributed by atoms with van der Waals surface area (Å²) in [6.07, 6.45) is 5.02. The maximum Gasteiger partial charge on any atom is 0.0450 e. The van der Waals surface area contributed by atoms with Gasteiger partial charge in [0.15, 0.2) is 0 Å². The van der Waals surface area contributed by atoms with E-state index in [9.17, 15) is 0 Å². The van der Waals surface area contributed by atoms with Crippen LogP contribution in [0.1, 0.15) is 65.0 Å². The van der Waals surface area contributed by atoms with E-state index in [1.165, 1.54) is 31.2 Å². The molecule has 2 atom stereocenters. The highest BCUT2D eigenvalue weighted by atomic mass is 15.3. The van der Waals surface area contributed by atoms with Gasteiger partial charge in [-0.1, -0.05) is 57.5 Å². The van der Waals surface area contributed by atoms with Crippen molar-refractivity contribution in [3.63, 3.8) is 0 Å². The van der Waals surface area contributed by atoms with Gasteiger partial charge in [-0.15, -0.1) is 0 Å². The average molecular weight is 288 g/mol. The maximum atomic E-state index is 3.81. The molecule has 0 saturated carbocycles. The standard InChI is InChI=1S/C19H32N2/c1-5-11-16(4)21-14-18(17-12-9-8-10-13-17)20-15-19(21,6-2)7-3/h8-10,12-13,16,18,20H,5-7,11,14-15H2,1-4H3. The van der Waals surface area contributed by atoms with Crippen LogP contribution in [-0.2, 0) is 0 Å². The third-order valence-electron chi connectivity index (χ3n) is 5.42. The van der Waals surface area contributed by atoms with Crippen LogP contribution in [-0.4, -0.2) is 29.6 Å². The predicted molar refractivity (Wildman–Crippen MR) is 91.6 cm³/mol. The van der Waals surface area contributed by atoms with E-state index in [2.05, 4.69) is 68.2 Å². The normalized spacial score (nSPS) is 23.9. The molecule has 1 aromatic rings. The zero-order valence-corrected chi connectivity index (χ0v) is 14.2. The molecule has 2 nitrogen and oxygen atoms in total. The van der Waals surface area contributed by atoms with Gasteiger partial charge in [0.1, 0.15) is 0 Å². The lowest BCUT2D eigenvalue weighted by molar-refractivity contribution is -0.00253. The summed E-state index contributed by atoms with van der Waals surface area (Å²) in [7, 11) is 0. The Morgan fingerprint density at radius 3 is 2.43 bits per heavy atom. The monoisotopic (exact) mass is 288 g/mol. The lowest BCUT2D eigenvalue weighted by atomic mass is 9.84. The van der Waals surface area contributed by atoms with Gasteiger partial charge in [0.05, 0.1) is 0 Å². The summed E-state index contributed by atoms with van der Waals surface area (Å²) in [5, 5.41) is 3.81. The van der Waals surface area contributed by atoms with Gasteiger partial charge in [-0.3, -0.25) is 4.90 Å². The van der Waals surface area contributed by atoms with E-state index in [1.54, 1.807) is 0 Å². The number of piperazine rings is 1. The number of hydrogen-bond acceptors (Lipinski definition) is 2. The smallest absolute Gasteiger partial charge is 0.0450 e. The summed E-state index contributed by atoms with van der Waals surface area (Å²) in [6.45, 7) is 11.6. The highest BCUT2D eigenvalue weighted by Gasteiger charge is 2.41. The molecule has 1 fully saturated rings. The fourth-order valence-electron chi connectivity index (χ4n) is 3.91. The lowest BCUT2D eigenvalue weighted by Crippen LogP contribution is -2.63. The number of nitrogens with zero attached hydrogens (tertiary/aromatic N) is 1. The summed E-state index contributed by atoms with van der Waals surface area (Å²) in [6, 6.07) is 12.1. The summed E-state index contributed by atoms with van der Waals surface area (Å²) in [5.74, 6) is 0. The van der Waals surface area contributed by atoms with Crippen molar-refractivity contribution in [2.24, 2.45) is 0 Å². The molecule has 2 rings (SSSR count). The molecule has 1 N–H and O–H groups in total. The van der Waals surface area contributed by atoms with Gasteiger partial charge < -0.3 is 5.32 Å². The van der Waals surface area contributed by atoms with Crippen molar-refractivity contribution in [2.75, 3.05) is 13.1 Å². The Labute approximate surface area is 130 Å². The second-order valence-electron chi connectivity index (χ2n) is 6.57. The third kappa shape index (κ3) is 3.49. The minimum atomic E-state index is 0.333. The molecule has 0 spiro atoms. The maximum absolute atomic E-state index is 3.81. The van der Waals surface area contributed by atoms with Crippen LogP contribution in [0.2, 0.25) is 0 Å². The van der Waals surface area contributed by atoms with Crippen LogP contribution >= 0.6 is 0 Å². The van der Waals surface area contributed by atoms with Crippen LogP contribution in [0.5, 0.6) is 0 Å². The van der Waals surface area contributed by atoms with E-state index in [0.717, 1.165) is 13.1 Å². The molecule has 1 aliphatic rings. The molecule has 1 aromatic carbocycles. The number of hydrogen-bond donors (Lipinski definition) is 1. The van der Waals surface area contributed by atoms with E-state index >= 15 is 0 Å². The highest BCUT2D eigenvalue weighted by Crippen LogP contribution is 2.33. The topological polar surface area (TPSA) is 15.3 Å². The zero-order valence-electron chi connectivity index (χ0n) is 14.2. The first kappa shape index (κ1) is 16.5. The Kier molecular flexibility index (Phi) is 5.83. The van der Waals surface area contributed by atoms with Gasteiger partial charge in [0, 0.05) is 30.7 Å². The minimum Gasteiger partial charge on any atom is -0.307 e. The van der Waals surface area contributed by atoms with Crippen LogP contribution in [0.15, 0.2) is 30.3 Å². The van der Waals surface area contributed by atoms with Gasteiger partial charge in [-0.2, -0.15) is 0 Å². The van der Waals surface area contributed by atoms with Crippen molar-refractivity contribution in [3.8, 4) is 0 Å². The molecular weight excluding hydrogens is 256 g/mol. The van der Waals surface area contributed by atoms with Crippen LogP contribution in [0.3, 0.4) is 0 Å². The quantitative estimate of drug-likeness (QED) is 0.835. The van der Waals surface area contributed by atoms with Crippen LogP contribution in [0.4, 0.5) is 0 Å². The Bertz CT molecular complexity index is 411. The Hall–Kier alpha value is -0.860. The molecule has 118 valence electrons. The highest BCUT2D eigenvalue weighted by molar-refractivity contribution is 5.21. The predicted octanol–water partition coefficient (Wildman–Crippen LogP) is 4.38. The molecular formula is C19H32N2. The fraction of sp³-hybridized carbons (Fsp3) is 0.684. The van der Waals surface area contributed by atoms with Crippen LogP contribution in [0, 0.1) is 0 Å².